The van der Waals surface area contributed by atoms with E-state index in [-0.39, 0.29) is 22.9 Å². The van der Waals surface area contributed by atoms with Crippen LogP contribution in [0.1, 0.15) is 23.2 Å². The van der Waals surface area contributed by atoms with Crippen LogP contribution in [-0.2, 0) is 10.0 Å². The third-order valence-electron chi connectivity index (χ3n) is 2.32. The highest BCUT2D eigenvalue weighted by Crippen LogP contribution is 2.30. The number of aromatic carboxylic acids is 1. The fraction of sp³-hybridized carbons (Fsp3) is 0.273. The van der Waals surface area contributed by atoms with Crippen molar-refractivity contribution >= 4 is 39.2 Å². The van der Waals surface area contributed by atoms with Gasteiger partial charge in [0.1, 0.15) is 4.90 Å². The Kier molecular flexibility index (Phi) is 5.77. The van der Waals surface area contributed by atoms with Crippen molar-refractivity contribution in [1.82, 2.24) is 4.72 Å². The zero-order valence-electron chi connectivity index (χ0n) is 10.1. The zero-order valence-corrected chi connectivity index (χ0v) is 12.4. The van der Waals surface area contributed by atoms with Gasteiger partial charge in [0.05, 0.1) is 21.7 Å². The number of hydrogen-bond donors (Lipinski definition) is 2. The Morgan fingerprint density at radius 3 is 2.60 bits per heavy atom. The van der Waals surface area contributed by atoms with Crippen molar-refractivity contribution < 1.29 is 18.3 Å². The maximum absolute atomic E-state index is 12.0. The van der Waals surface area contributed by atoms with Gasteiger partial charge in [-0.25, -0.2) is 17.9 Å². The summed E-state index contributed by atoms with van der Waals surface area (Å²) in [5.41, 5.74) is -0.465. The quantitative estimate of drug-likeness (QED) is 0.774. The molecule has 0 aromatic heterocycles. The third-order valence-corrected chi connectivity index (χ3v) is 4.64. The molecule has 0 atom stereocenters. The smallest absolute Gasteiger partial charge is 0.338 e. The van der Waals surface area contributed by atoms with Gasteiger partial charge in [0.15, 0.2) is 0 Å². The first-order chi connectivity index (χ1) is 9.31. The van der Waals surface area contributed by atoms with Crippen LogP contribution in [0.5, 0.6) is 0 Å². The van der Waals surface area contributed by atoms with Gasteiger partial charge in [-0.05, 0) is 18.6 Å². The first-order valence-corrected chi connectivity index (χ1v) is 7.63. The largest absolute Gasteiger partial charge is 0.478 e. The maximum atomic E-state index is 12.0. The fourth-order valence-corrected chi connectivity index (χ4v) is 3.38. The SMILES string of the molecule is N#CCCCNS(=O)(=O)c1ccc(Cl)c(C(=O)O)c1Cl. The van der Waals surface area contributed by atoms with Crippen LogP contribution in [0, 0.1) is 11.3 Å². The molecule has 0 saturated heterocycles. The molecule has 2 N–H and O–H groups in total. The van der Waals surface area contributed by atoms with Crippen LogP contribution in [-0.4, -0.2) is 26.0 Å². The number of rotatable bonds is 6. The molecule has 0 saturated carbocycles. The molecular formula is C11H10Cl2N2O4S. The molecule has 0 fully saturated rings. The Balaban J connectivity index is 3.11. The summed E-state index contributed by atoms with van der Waals surface area (Å²) in [5.74, 6) is -1.42. The number of carboxylic acid groups (broad SMARTS) is 1. The number of hydrogen-bond acceptors (Lipinski definition) is 4. The predicted molar refractivity (Wildman–Crippen MR) is 73.5 cm³/mol. The van der Waals surface area contributed by atoms with E-state index in [0.717, 1.165) is 12.1 Å². The van der Waals surface area contributed by atoms with Gasteiger partial charge in [0.2, 0.25) is 10.0 Å². The highest BCUT2D eigenvalue weighted by Gasteiger charge is 2.24. The minimum absolute atomic E-state index is 0.0528. The molecule has 9 heteroatoms. The fourth-order valence-electron chi connectivity index (χ4n) is 1.39. The Morgan fingerprint density at radius 1 is 1.40 bits per heavy atom. The summed E-state index contributed by atoms with van der Waals surface area (Å²) >= 11 is 11.5. The number of carbonyl (C=O) groups is 1. The van der Waals surface area contributed by atoms with Crippen molar-refractivity contribution in [3.63, 3.8) is 0 Å². The van der Waals surface area contributed by atoms with Crippen molar-refractivity contribution in [2.45, 2.75) is 17.7 Å². The van der Waals surface area contributed by atoms with E-state index in [1.165, 1.54) is 0 Å². The maximum Gasteiger partial charge on any atom is 0.338 e. The molecular weight excluding hydrogens is 327 g/mol. The standard InChI is InChI=1S/C11H10Cl2N2O4S/c12-7-3-4-8(10(13)9(7)11(16)17)20(18,19)15-6-2-1-5-14/h3-4,15H,1-2,6H2,(H,16,17). The molecule has 0 aliphatic rings. The molecule has 0 bridgehead atoms. The second-order valence-corrected chi connectivity index (χ2v) is 6.22. The molecule has 0 radical (unpaired) electrons. The molecule has 1 aromatic rings. The Labute approximate surface area is 126 Å². The van der Waals surface area contributed by atoms with Crippen LogP contribution in [0.15, 0.2) is 17.0 Å². The van der Waals surface area contributed by atoms with E-state index in [1.807, 2.05) is 6.07 Å². The normalized spacial score (nSPS) is 11.1. The van der Waals surface area contributed by atoms with E-state index in [4.69, 9.17) is 33.6 Å². The lowest BCUT2D eigenvalue weighted by molar-refractivity contribution is 0.0697. The first kappa shape index (κ1) is 16.7. The molecule has 0 unspecified atom stereocenters. The molecule has 108 valence electrons. The Morgan fingerprint density at radius 2 is 2.05 bits per heavy atom. The van der Waals surface area contributed by atoms with E-state index < -0.39 is 26.6 Å². The van der Waals surface area contributed by atoms with Crippen molar-refractivity contribution in [3.8, 4) is 6.07 Å². The van der Waals surface area contributed by atoms with E-state index in [2.05, 4.69) is 4.72 Å². The second-order valence-electron chi connectivity index (χ2n) is 3.70. The van der Waals surface area contributed by atoms with Crippen LogP contribution >= 0.6 is 23.2 Å². The molecule has 0 aliphatic heterocycles. The monoisotopic (exact) mass is 336 g/mol. The highest BCUT2D eigenvalue weighted by atomic mass is 35.5. The van der Waals surface area contributed by atoms with E-state index in [1.54, 1.807) is 0 Å². The number of sulfonamides is 1. The Hall–Kier alpha value is -1.33. The molecule has 0 spiro atoms. The molecule has 6 nitrogen and oxygen atoms in total. The van der Waals surface area contributed by atoms with Gasteiger partial charge in [-0.3, -0.25) is 0 Å². The van der Waals surface area contributed by atoms with Crippen molar-refractivity contribution in [2.24, 2.45) is 0 Å². The van der Waals surface area contributed by atoms with Gasteiger partial charge < -0.3 is 5.11 Å². The van der Waals surface area contributed by atoms with Crippen LogP contribution in [0.4, 0.5) is 0 Å². The molecule has 1 aromatic carbocycles. The van der Waals surface area contributed by atoms with Gasteiger partial charge in [-0.2, -0.15) is 5.26 Å². The summed E-state index contributed by atoms with van der Waals surface area (Å²) in [6.07, 6.45) is 0.546. The number of nitrogens with one attached hydrogen (secondary N) is 1. The van der Waals surface area contributed by atoms with Gasteiger partial charge in [0, 0.05) is 13.0 Å². The first-order valence-electron chi connectivity index (χ1n) is 5.39. The van der Waals surface area contributed by atoms with E-state index in [9.17, 15) is 13.2 Å². The molecule has 0 aliphatic carbocycles. The summed E-state index contributed by atoms with van der Waals surface area (Å²) in [5, 5.41) is 16.7. The van der Waals surface area contributed by atoms with E-state index >= 15 is 0 Å². The minimum atomic E-state index is -3.96. The highest BCUT2D eigenvalue weighted by molar-refractivity contribution is 7.89. The minimum Gasteiger partial charge on any atom is -0.478 e. The van der Waals surface area contributed by atoms with Crippen molar-refractivity contribution in [1.29, 1.82) is 5.26 Å². The lowest BCUT2D eigenvalue weighted by atomic mass is 10.2. The molecule has 20 heavy (non-hydrogen) atoms. The lowest BCUT2D eigenvalue weighted by Crippen LogP contribution is -2.25. The van der Waals surface area contributed by atoms with Gasteiger partial charge >= 0.3 is 5.97 Å². The summed E-state index contributed by atoms with van der Waals surface area (Å²) in [7, 11) is -3.96. The molecule has 0 heterocycles. The number of nitrogens with zero attached hydrogens (tertiary/aromatic N) is 1. The number of carboxylic acids is 1. The summed E-state index contributed by atoms with van der Waals surface area (Å²) in [6, 6.07) is 4.16. The van der Waals surface area contributed by atoms with Gasteiger partial charge in [-0.1, -0.05) is 23.2 Å². The average molecular weight is 337 g/mol. The van der Waals surface area contributed by atoms with Crippen LogP contribution in [0.3, 0.4) is 0 Å². The average Bonchev–Trinajstić information content (AvgIpc) is 2.34. The Bertz CT molecular complexity index is 668. The summed E-state index contributed by atoms with van der Waals surface area (Å²) < 4.78 is 26.2. The molecule has 1 rings (SSSR count). The number of nitriles is 1. The zero-order chi connectivity index (χ0) is 15.3. The topological polar surface area (TPSA) is 107 Å². The van der Waals surface area contributed by atoms with Gasteiger partial charge in [0.25, 0.3) is 0 Å². The second kappa shape index (κ2) is 6.90. The predicted octanol–water partition coefficient (Wildman–Crippen LogP) is 2.27. The number of unbranched alkanes of at least 4 members (excludes halogenated alkanes) is 1. The number of benzene rings is 1. The summed E-state index contributed by atoms with van der Waals surface area (Å²) in [4.78, 5) is 10.6. The van der Waals surface area contributed by atoms with Crippen molar-refractivity contribution in [3.05, 3.63) is 27.7 Å². The third kappa shape index (κ3) is 3.84. The van der Waals surface area contributed by atoms with Crippen LogP contribution < -0.4 is 4.72 Å². The van der Waals surface area contributed by atoms with E-state index in [0.29, 0.717) is 6.42 Å². The lowest BCUT2D eigenvalue weighted by Gasteiger charge is -2.10. The number of halogens is 2. The van der Waals surface area contributed by atoms with Crippen LogP contribution in [0.2, 0.25) is 10.0 Å². The summed E-state index contributed by atoms with van der Waals surface area (Å²) in [6.45, 7) is 0.0528. The van der Waals surface area contributed by atoms with Crippen molar-refractivity contribution in [2.75, 3.05) is 6.54 Å². The molecule has 0 amide bonds. The van der Waals surface area contributed by atoms with Crippen LogP contribution in [0.25, 0.3) is 0 Å². The van der Waals surface area contributed by atoms with Gasteiger partial charge in [-0.15, -0.1) is 0 Å².